The lowest BCUT2D eigenvalue weighted by molar-refractivity contribution is 0.122. The number of ether oxygens (including phenoxy) is 1. The molecule has 0 aliphatic carbocycles. The van der Waals surface area contributed by atoms with Crippen molar-refractivity contribution in [3.8, 4) is 11.3 Å². The fourth-order valence-corrected chi connectivity index (χ4v) is 4.30. The van der Waals surface area contributed by atoms with Crippen molar-refractivity contribution in [2.24, 2.45) is 12.0 Å². The maximum atomic E-state index is 5.53. The van der Waals surface area contributed by atoms with E-state index in [0.717, 1.165) is 64.5 Å². The second kappa shape index (κ2) is 8.72. The van der Waals surface area contributed by atoms with Crippen LogP contribution in [0.1, 0.15) is 12.0 Å². The highest BCUT2D eigenvalue weighted by Gasteiger charge is 2.17. The average molecular weight is 452 g/mol. The van der Waals surface area contributed by atoms with Gasteiger partial charge in [0.15, 0.2) is 0 Å². The third kappa shape index (κ3) is 4.04. The molecule has 0 radical (unpaired) electrons. The van der Waals surface area contributed by atoms with Crippen molar-refractivity contribution < 1.29 is 4.74 Å². The fraction of sp³-hybridized carbons (Fsp3) is 0.231. The van der Waals surface area contributed by atoms with Gasteiger partial charge in [-0.25, -0.2) is 4.98 Å². The van der Waals surface area contributed by atoms with Crippen molar-refractivity contribution >= 4 is 34.1 Å². The van der Waals surface area contributed by atoms with E-state index in [0.29, 0.717) is 19.2 Å². The van der Waals surface area contributed by atoms with Crippen molar-refractivity contribution in [3.05, 3.63) is 72.6 Å². The zero-order valence-corrected chi connectivity index (χ0v) is 19.0. The lowest BCUT2D eigenvalue weighted by atomic mass is 10.1. The topological polar surface area (TPSA) is 80.5 Å². The minimum absolute atomic E-state index is 0.678. The summed E-state index contributed by atoms with van der Waals surface area (Å²) in [6.45, 7) is 2.90. The molecule has 2 aromatic heterocycles. The van der Waals surface area contributed by atoms with Gasteiger partial charge in [0, 0.05) is 55.5 Å². The minimum atomic E-state index is 0.678. The van der Waals surface area contributed by atoms with E-state index < -0.39 is 0 Å². The zero-order chi connectivity index (χ0) is 22.9. The second-order valence-corrected chi connectivity index (χ2v) is 8.45. The SMILES string of the molecule is Cn1ncc2ccc(-c3cc(Nc4ccc(C5=NC=CC5)cc4)nc(N4CCOCC4)n3)cc21. The number of aliphatic imine (C=N–C) groups is 1. The summed E-state index contributed by atoms with van der Waals surface area (Å²) in [5.41, 5.74) is 6.16. The highest BCUT2D eigenvalue weighted by atomic mass is 16.5. The first-order valence-electron chi connectivity index (χ1n) is 11.5. The molecule has 0 saturated carbocycles. The van der Waals surface area contributed by atoms with Gasteiger partial charge in [-0.2, -0.15) is 10.1 Å². The van der Waals surface area contributed by atoms with Crippen LogP contribution in [0.3, 0.4) is 0 Å². The molecule has 1 N–H and O–H groups in total. The predicted molar refractivity (Wildman–Crippen MR) is 135 cm³/mol. The maximum absolute atomic E-state index is 5.53. The summed E-state index contributed by atoms with van der Waals surface area (Å²) in [5.74, 6) is 1.46. The normalized spacial score (nSPS) is 15.7. The highest BCUT2D eigenvalue weighted by molar-refractivity contribution is 6.03. The fourth-order valence-electron chi connectivity index (χ4n) is 4.30. The Morgan fingerprint density at radius 1 is 0.941 bits per heavy atom. The van der Waals surface area contributed by atoms with E-state index in [2.05, 4.69) is 68.8 Å². The van der Waals surface area contributed by atoms with Crippen LogP contribution < -0.4 is 10.2 Å². The van der Waals surface area contributed by atoms with Gasteiger partial charge in [-0.15, -0.1) is 0 Å². The smallest absolute Gasteiger partial charge is 0.228 e. The third-order valence-corrected chi connectivity index (χ3v) is 6.19. The molecule has 4 aromatic rings. The molecule has 8 heteroatoms. The minimum Gasteiger partial charge on any atom is -0.378 e. The van der Waals surface area contributed by atoms with E-state index in [9.17, 15) is 0 Å². The molecule has 2 aromatic carbocycles. The quantitative estimate of drug-likeness (QED) is 0.487. The van der Waals surface area contributed by atoms with Crippen LogP contribution in [-0.2, 0) is 11.8 Å². The summed E-state index contributed by atoms with van der Waals surface area (Å²) in [7, 11) is 1.95. The van der Waals surface area contributed by atoms with Gasteiger partial charge in [0.1, 0.15) is 5.82 Å². The molecule has 34 heavy (non-hydrogen) atoms. The Labute approximate surface area is 197 Å². The molecule has 2 aliphatic rings. The summed E-state index contributed by atoms with van der Waals surface area (Å²) in [4.78, 5) is 16.4. The molecule has 0 amide bonds. The molecule has 170 valence electrons. The maximum Gasteiger partial charge on any atom is 0.228 e. The van der Waals surface area contributed by atoms with E-state index in [1.807, 2.05) is 30.2 Å². The number of anilines is 3. The Morgan fingerprint density at radius 3 is 2.56 bits per heavy atom. The number of hydrogen-bond donors (Lipinski definition) is 1. The van der Waals surface area contributed by atoms with Crippen molar-refractivity contribution in [3.63, 3.8) is 0 Å². The number of allylic oxidation sites excluding steroid dienone is 1. The second-order valence-electron chi connectivity index (χ2n) is 8.45. The Bertz CT molecular complexity index is 1400. The van der Waals surface area contributed by atoms with Crippen LogP contribution in [0.4, 0.5) is 17.5 Å². The van der Waals surface area contributed by atoms with Crippen molar-refractivity contribution in [1.29, 1.82) is 0 Å². The Morgan fingerprint density at radius 2 is 1.76 bits per heavy atom. The van der Waals surface area contributed by atoms with Crippen molar-refractivity contribution in [2.75, 3.05) is 36.5 Å². The van der Waals surface area contributed by atoms with Gasteiger partial charge >= 0.3 is 0 Å². The lowest BCUT2D eigenvalue weighted by Gasteiger charge is -2.27. The van der Waals surface area contributed by atoms with E-state index in [1.54, 1.807) is 0 Å². The van der Waals surface area contributed by atoms with Gasteiger partial charge in [0.25, 0.3) is 0 Å². The van der Waals surface area contributed by atoms with Gasteiger partial charge in [-0.1, -0.05) is 30.3 Å². The lowest BCUT2D eigenvalue weighted by Crippen LogP contribution is -2.37. The van der Waals surface area contributed by atoms with Crippen LogP contribution in [0.15, 0.2) is 72.0 Å². The molecule has 2 aliphatic heterocycles. The van der Waals surface area contributed by atoms with Gasteiger partial charge in [-0.3, -0.25) is 9.67 Å². The number of nitrogens with zero attached hydrogens (tertiary/aromatic N) is 6. The molecule has 0 bridgehead atoms. The van der Waals surface area contributed by atoms with Crippen molar-refractivity contribution in [2.45, 2.75) is 6.42 Å². The highest BCUT2D eigenvalue weighted by Crippen LogP contribution is 2.28. The monoisotopic (exact) mass is 451 g/mol. The summed E-state index contributed by atoms with van der Waals surface area (Å²) in [6, 6.07) is 16.6. The van der Waals surface area contributed by atoms with E-state index in [1.165, 1.54) is 0 Å². The Hall–Kier alpha value is -4.04. The van der Waals surface area contributed by atoms with Crippen LogP contribution in [0.25, 0.3) is 22.2 Å². The number of aromatic nitrogens is 4. The first-order chi connectivity index (χ1) is 16.7. The van der Waals surface area contributed by atoms with E-state index in [4.69, 9.17) is 14.7 Å². The summed E-state index contributed by atoms with van der Waals surface area (Å²) in [6.07, 6.45) is 6.69. The predicted octanol–water partition coefficient (Wildman–Crippen LogP) is 4.32. The van der Waals surface area contributed by atoms with Crippen molar-refractivity contribution in [1.82, 2.24) is 19.7 Å². The molecule has 4 heterocycles. The number of benzene rings is 2. The van der Waals surface area contributed by atoms with Crippen LogP contribution in [0, 0.1) is 0 Å². The third-order valence-electron chi connectivity index (χ3n) is 6.19. The Balaban J connectivity index is 1.35. The van der Waals surface area contributed by atoms with Crippen LogP contribution in [0.5, 0.6) is 0 Å². The molecule has 6 rings (SSSR count). The summed E-state index contributed by atoms with van der Waals surface area (Å²) in [5, 5.41) is 8.95. The number of aryl methyl sites for hydroxylation is 1. The Kier molecular flexibility index (Phi) is 5.27. The van der Waals surface area contributed by atoms with Gasteiger partial charge in [0.05, 0.1) is 36.3 Å². The number of rotatable bonds is 5. The molecule has 1 fully saturated rings. The van der Waals surface area contributed by atoms with Gasteiger partial charge in [-0.05, 0) is 23.8 Å². The first kappa shape index (κ1) is 20.6. The van der Waals surface area contributed by atoms with Crippen LogP contribution in [-0.4, -0.2) is 51.8 Å². The van der Waals surface area contributed by atoms with Gasteiger partial charge in [0.2, 0.25) is 5.95 Å². The van der Waals surface area contributed by atoms with Crippen LogP contribution >= 0.6 is 0 Å². The first-order valence-corrected chi connectivity index (χ1v) is 11.5. The van der Waals surface area contributed by atoms with Gasteiger partial charge < -0.3 is 15.0 Å². The molecule has 0 atom stereocenters. The van der Waals surface area contributed by atoms with E-state index >= 15 is 0 Å². The number of morpholine rings is 1. The molecule has 0 unspecified atom stereocenters. The van der Waals surface area contributed by atoms with Crippen LogP contribution in [0.2, 0.25) is 0 Å². The average Bonchev–Trinajstić information content (AvgIpc) is 3.55. The number of nitrogens with one attached hydrogen (secondary N) is 1. The summed E-state index contributed by atoms with van der Waals surface area (Å²) >= 11 is 0. The molecule has 8 nitrogen and oxygen atoms in total. The molecular weight excluding hydrogens is 426 g/mol. The molecular formula is C26H25N7O. The van der Waals surface area contributed by atoms with E-state index in [-0.39, 0.29) is 0 Å². The number of fused-ring (bicyclic) bond motifs is 1. The number of hydrogen-bond acceptors (Lipinski definition) is 7. The standard InChI is InChI=1S/C26H25N7O/c1-32-24-15-19(4-5-20(24)17-28-32)23-16-25(31-26(30-23)33-11-13-34-14-12-33)29-21-8-6-18(7-9-21)22-3-2-10-27-22/h2,4-10,15-17H,3,11-14H2,1H3,(H,29,30,31). The molecule has 1 saturated heterocycles. The largest absolute Gasteiger partial charge is 0.378 e. The zero-order valence-electron chi connectivity index (χ0n) is 19.0. The molecule has 0 spiro atoms. The summed E-state index contributed by atoms with van der Waals surface area (Å²) < 4.78 is 7.41.